The van der Waals surface area contributed by atoms with Crippen molar-refractivity contribution < 1.29 is 13.9 Å². The van der Waals surface area contributed by atoms with Gasteiger partial charge in [0.15, 0.2) is 0 Å². The maximum atomic E-state index is 13.0. The summed E-state index contributed by atoms with van der Waals surface area (Å²) in [6, 6.07) is 21.0. The van der Waals surface area contributed by atoms with Gasteiger partial charge in [0.25, 0.3) is 0 Å². The molecule has 0 atom stereocenters. The summed E-state index contributed by atoms with van der Waals surface area (Å²) in [5, 5.41) is 9.98. The minimum atomic E-state index is -0.591. The first-order valence-corrected chi connectivity index (χ1v) is 8.38. The van der Waals surface area contributed by atoms with E-state index in [1.165, 1.54) is 24.3 Å². The van der Waals surface area contributed by atoms with Gasteiger partial charge in [0.1, 0.15) is 11.6 Å². The van der Waals surface area contributed by atoms with Crippen LogP contribution in [-0.4, -0.2) is 5.97 Å². The van der Waals surface area contributed by atoms with E-state index in [2.05, 4.69) is 6.07 Å². The number of nitrogens with zero attached hydrogens (tertiary/aromatic N) is 1. The highest BCUT2D eigenvalue weighted by atomic mass is 35.5. The predicted octanol–water partition coefficient (Wildman–Crippen LogP) is 5.76. The smallest absolute Gasteiger partial charge is 0.343 e. The number of nitriles is 1. The van der Waals surface area contributed by atoms with Gasteiger partial charge in [0.2, 0.25) is 0 Å². The van der Waals surface area contributed by atoms with Gasteiger partial charge in [0.05, 0.1) is 17.2 Å². The van der Waals surface area contributed by atoms with Crippen LogP contribution in [0.5, 0.6) is 5.75 Å². The Labute approximate surface area is 160 Å². The van der Waals surface area contributed by atoms with Crippen LogP contribution in [0.3, 0.4) is 0 Å². The number of esters is 1. The fourth-order valence-electron chi connectivity index (χ4n) is 2.42. The van der Waals surface area contributed by atoms with Gasteiger partial charge in [-0.2, -0.15) is 5.26 Å². The Morgan fingerprint density at radius 3 is 2.44 bits per heavy atom. The van der Waals surface area contributed by atoms with Crippen LogP contribution in [0.2, 0.25) is 5.02 Å². The largest absolute Gasteiger partial charge is 0.423 e. The summed E-state index contributed by atoms with van der Waals surface area (Å²) in [7, 11) is 0. The highest BCUT2D eigenvalue weighted by Crippen LogP contribution is 2.23. The number of hydrogen-bond acceptors (Lipinski definition) is 3. The van der Waals surface area contributed by atoms with Crippen LogP contribution in [0.1, 0.15) is 21.5 Å². The molecule has 132 valence electrons. The zero-order valence-corrected chi connectivity index (χ0v) is 14.8. The SMILES string of the molecule is N#C/C(=C/c1cccc(OC(=O)c2ccc(F)cc2)c1)c1cccc(Cl)c1. The highest BCUT2D eigenvalue weighted by molar-refractivity contribution is 6.30. The highest BCUT2D eigenvalue weighted by Gasteiger charge is 2.09. The number of carbonyl (C=O) groups is 1. The fraction of sp³-hybridized carbons (Fsp3) is 0. The fourth-order valence-corrected chi connectivity index (χ4v) is 2.61. The second-order valence-corrected chi connectivity index (χ2v) is 6.09. The molecule has 0 aromatic heterocycles. The van der Waals surface area contributed by atoms with E-state index in [0.717, 1.165) is 0 Å². The van der Waals surface area contributed by atoms with E-state index < -0.39 is 11.8 Å². The van der Waals surface area contributed by atoms with Gasteiger partial charge in [0, 0.05) is 5.02 Å². The third-order valence-corrected chi connectivity index (χ3v) is 3.95. The first-order valence-electron chi connectivity index (χ1n) is 8.01. The summed E-state index contributed by atoms with van der Waals surface area (Å²) in [6.45, 7) is 0. The van der Waals surface area contributed by atoms with Crippen LogP contribution < -0.4 is 4.74 Å². The van der Waals surface area contributed by atoms with Crippen LogP contribution in [0.15, 0.2) is 72.8 Å². The molecule has 0 aliphatic rings. The Kier molecular flexibility index (Phi) is 5.65. The van der Waals surface area contributed by atoms with Crippen molar-refractivity contribution in [2.45, 2.75) is 0 Å². The standard InChI is InChI=1S/C22H13ClFNO2/c23-19-5-2-4-17(13-19)18(14-25)11-15-3-1-6-21(12-15)27-22(26)16-7-9-20(24)10-8-16/h1-13H/b18-11-. The van der Waals surface area contributed by atoms with Gasteiger partial charge in [-0.3, -0.25) is 0 Å². The second kappa shape index (κ2) is 8.31. The van der Waals surface area contributed by atoms with Crippen molar-refractivity contribution in [3.63, 3.8) is 0 Å². The molecular formula is C22H13ClFNO2. The molecule has 0 spiro atoms. The van der Waals surface area contributed by atoms with E-state index in [1.807, 2.05) is 0 Å². The Morgan fingerprint density at radius 2 is 1.74 bits per heavy atom. The molecule has 0 saturated heterocycles. The molecule has 5 heteroatoms. The van der Waals surface area contributed by atoms with Gasteiger partial charge in [-0.15, -0.1) is 0 Å². The maximum Gasteiger partial charge on any atom is 0.343 e. The van der Waals surface area contributed by atoms with Crippen LogP contribution in [0.25, 0.3) is 11.6 Å². The Morgan fingerprint density at radius 1 is 1.00 bits per heavy atom. The van der Waals surface area contributed by atoms with E-state index in [1.54, 1.807) is 54.6 Å². The summed E-state index contributed by atoms with van der Waals surface area (Å²) in [5.74, 6) is -0.698. The lowest BCUT2D eigenvalue weighted by Crippen LogP contribution is -2.08. The van der Waals surface area contributed by atoms with Crippen LogP contribution in [-0.2, 0) is 0 Å². The minimum Gasteiger partial charge on any atom is -0.423 e. The van der Waals surface area contributed by atoms with E-state index >= 15 is 0 Å². The van der Waals surface area contributed by atoms with Crippen molar-refractivity contribution in [3.05, 3.63) is 100 Å². The van der Waals surface area contributed by atoms with Crippen molar-refractivity contribution in [2.75, 3.05) is 0 Å². The predicted molar refractivity (Wildman–Crippen MR) is 103 cm³/mol. The molecule has 0 aliphatic heterocycles. The number of allylic oxidation sites excluding steroid dienone is 1. The molecule has 0 radical (unpaired) electrons. The second-order valence-electron chi connectivity index (χ2n) is 5.65. The topological polar surface area (TPSA) is 50.1 Å². The van der Waals surface area contributed by atoms with Crippen molar-refractivity contribution in [3.8, 4) is 11.8 Å². The number of ether oxygens (including phenoxy) is 1. The average Bonchev–Trinajstić information content (AvgIpc) is 2.67. The molecular weight excluding hydrogens is 365 g/mol. The number of carbonyl (C=O) groups excluding carboxylic acids is 1. The molecule has 0 aliphatic carbocycles. The van der Waals surface area contributed by atoms with Crippen molar-refractivity contribution in [1.29, 1.82) is 5.26 Å². The van der Waals surface area contributed by atoms with E-state index in [4.69, 9.17) is 16.3 Å². The lowest BCUT2D eigenvalue weighted by Gasteiger charge is -2.06. The molecule has 3 aromatic rings. The third kappa shape index (κ3) is 4.81. The van der Waals surface area contributed by atoms with Crippen LogP contribution in [0, 0.1) is 17.1 Å². The minimum absolute atomic E-state index is 0.244. The molecule has 0 unspecified atom stereocenters. The number of rotatable bonds is 4. The molecule has 0 bridgehead atoms. The quantitative estimate of drug-likeness (QED) is 0.251. The number of hydrogen-bond donors (Lipinski definition) is 0. The van der Waals surface area contributed by atoms with Gasteiger partial charge in [-0.1, -0.05) is 35.9 Å². The zero-order valence-electron chi connectivity index (χ0n) is 14.0. The monoisotopic (exact) mass is 377 g/mol. The summed E-state index contributed by atoms with van der Waals surface area (Å²) in [6.07, 6.45) is 1.68. The van der Waals surface area contributed by atoms with Gasteiger partial charge < -0.3 is 4.74 Å². The third-order valence-electron chi connectivity index (χ3n) is 3.72. The molecule has 0 N–H and O–H groups in total. The van der Waals surface area contributed by atoms with Crippen molar-refractivity contribution >= 4 is 29.2 Å². The summed E-state index contributed by atoms with van der Waals surface area (Å²) in [5.41, 5.74) is 2.06. The van der Waals surface area contributed by atoms with E-state index in [-0.39, 0.29) is 5.56 Å². The molecule has 0 amide bonds. The first-order chi connectivity index (χ1) is 13.0. The van der Waals surface area contributed by atoms with Crippen molar-refractivity contribution in [2.24, 2.45) is 0 Å². The Balaban J connectivity index is 1.83. The van der Waals surface area contributed by atoms with Gasteiger partial charge in [-0.25, -0.2) is 9.18 Å². The summed E-state index contributed by atoms with van der Waals surface area (Å²) < 4.78 is 18.3. The first kappa shape index (κ1) is 18.4. The summed E-state index contributed by atoms with van der Waals surface area (Å²) >= 11 is 5.98. The van der Waals surface area contributed by atoms with Crippen LogP contribution in [0.4, 0.5) is 4.39 Å². The molecule has 0 fully saturated rings. The number of halogens is 2. The summed E-state index contributed by atoms with van der Waals surface area (Å²) in [4.78, 5) is 12.1. The van der Waals surface area contributed by atoms with Crippen LogP contribution >= 0.6 is 11.6 Å². The lowest BCUT2D eigenvalue weighted by molar-refractivity contribution is 0.0734. The van der Waals surface area contributed by atoms with E-state index in [0.29, 0.717) is 27.5 Å². The van der Waals surface area contributed by atoms with Gasteiger partial charge >= 0.3 is 5.97 Å². The van der Waals surface area contributed by atoms with Crippen molar-refractivity contribution in [1.82, 2.24) is 0 Å². The maximum absolute atomic E-state index is 13.0. The normalized spacial score (nSPS) is 10.9. The van der Waals surface area contributed by atoms with Gasteiger partial charge in [-0.05, 0) is 65.7 Å². The number of benzene rings is 3. The Hall–Kier alpha value is -3.42. The molecule has 3 aromatic carbocycles. The van der Waals surface area contributed by atoms with E-state index in [9.17, 15) is 14.4 Å². The lowest BCUT2D eigenvalue weighted by atomic mass is 10.0. The molecule has 3 nitrogen and oxygen atoms in total. The Bertz CT molecular complexity index is 1050. The molecule has 3 rings (SSSR count). The molecule has 0 saturated carbocycles. The zero-order chi connectivity index (χ0) is 19.2. The molecule has 0 heterocycles. The average molecular weight is 378 g/mol. The molecule has 27 heavy (non-hydrogen) atoms.